The second-order valence-corrected chi connectivity index (χ2v) is 3.84. The summed E-state index contributed by atoms with van der Waals surface area (Å²) in [6, 6.07) is 3.72. The Bertz CT molecular complexity index is 415. The van der Waals surface area contributed by atoms with Crippen LogP contribution in [-0.2, 0) is 11.2 Å². The molecule has 15 heavy (non-hydrogen) atoms. The highest BCUT2D eigenvalue weighted by Gasteiger charge is 2.32. The van der Waals surface area contributed by atoms with Crippen LogP contribution in [0.1, 0.15) is 17.0 Å². The number of halogens is 1. The molecule has 80 valence electrons. The molecule has 0 amide bonds. The third-order valence-corrected chi connectivity index (χ3v) is 2.98. The Morgan fingerprint density at radius 1 is 1.33 bits per heavy atom. The lowest BCUT2D eigenvalue weighted by Crippen LogP contribution is -2.22. The minimum absolute atomic E-state index is 0.179. The highest BCUT2D eigenvalue weighted by Crippen LogP contribution is 2.43. The SMILES string of the molecule is COc1cc2c(cc1OC)[C@@H](C(=O)Cl)C2. The molecule has 1 aromatic rings. The van der Waals surface area contributed by atoms with Crippen molar-refractivity contribution in [3.8, 4) is 11.5 Å². The van der Waals surface area contributed by atoms with Gasteiger partial charge in [0, 0.05) is 0 Å². The zero-order valence-corrected chi connectivity index (χ0v) is 9.30. The van der Waals surface area contributed by atoms with Crippen molar-refractivity contribution in [3.05, 3.63) is 23.3 Å². The van der Waals surface area contributed by atoms with Gasteiger partial charge in [0.2, 0.25) is 5.24 Å². The zero-order chi connectivity index (χ0) is 11.0. The molecule has 0 heterocycles. The van der Waals surface area contributed by atoms with E-state index < -0.39 is 0 Å². The van der Waals surface area contributed by atoms with Gasteiger partial charge in [0.25, 0.3) is 0 Å². The van der Waals surface area contributed by atoms with Crippen LogP contribution in [0.3, 0.4) is 0 Å². The average molecular weight is 227 g/mol. The predicted octanol–water partition coefficient (Wildman–Crippen LogP) is 2.11. The van der Waals surface area contributed by atoms with Gasteiger partial charge in [-0.25, -0.2) is 0 Å². The molecule has 0 bridgehead atoms. The monoisotopic (exact) mass is 226 g/mol. The van der Waals surface area contributed by atoms with Gasteiger partial charge < -0.3 is 9.47 Å². The van der Waals surface area contributed by atoms with Crippen molar-refractivity contribution in [3.63, 3.8) is 0 Å². The Labute approximate surface area is 92.9 Å². The minimum Gasteiger partial charge on any atom is -0.493 e. The summed E-state index contributed by atoms with van der Waals surface area (Å²) in [4.78, 5) is 11.0. The summed E-state index contributed by atoms with van der Waals surface area (Å²) < 4.78 is 10.3. The van der Waals surface area contributed by atoms with Crippen LogP contribution in [0.2, 0.25) is 0 Å². The summed E-state index contributed by atoms with van der Waals surface area (Å²) in [5.74, 6) is 1.15. The number of hydrogen-bond acceptors (Lipinski definition) is 3. The lowest BCUT2D eigenvalue weighted by atomic mass is 9.78. The molecule has 4 heteroatoms. The quantitative estimate of drug-likeness (QED) is 0.741. The molecule has 0 saturated carbocycles. The van der Waals surface area contributed by atoms with Crippen molar-refractivity contribution in [2.45, 2.75) is 12.3 Å². The van der Waals surface area contributed by atoms with Crippen molar-refractivity contribution in [2.75, 3.05) is 14.2 Å². The molecule has 0 saturated heterocycles. The molecule has 0 fully saturated rings. The lowest BCUT2D eigenvalue weighted by molar-refractivity contribution is -0.113. The molecule has 0 aromatic heterocycles. The standard InChI is InChI=1S/C11H11ClO3/c1-14-9-4-6-3-8(11(12)13)7(6)5-10(9)15-2/h4-5,8H,3H2,1-2H3/t8-/m0/s1. The van der Waals surface area contributed by atoms with Crippen LogP contribution in [0.5, 0.6) is 11.5 Å². The molecule has 0 N–H and O–H groups in total. The molecular weight excluding hydrogens is 216 g/mol. The van der Waals surface area contributed by atoms with Gasteiger partial charge in [0.1, 0.15) is 0 Å². The number of hydrogen-bond donors (Lipinski definition) is 0. The Morgan fingerprint density at radius 2 is 1.93 bits per heavy atom. The summed E-state index contributed by atoms with van der Waals surface area (Å²) in [5.41, 5.74) is 2.05. The zero-order valence-electron chi connectivity index (χ0n) is 8.54. The van der Waals surface area contributed by atoms with E-state index in [4.69, 9.17) is 21.1 Å². The van der Waals surface area contributed by atoms with Gasteiger partial charge in [-0.05, 0) is 41.3 Å². The first kappa shape index (κ1) is 10.3. The summed E-state index contributed by atoms with van der Waals surface area (Å²) in [7, 11) is 3.16. The molecule has 0 radical (unpaired) electrons. The third kappa shape index (κ3) is 1.57. The summed E-state index contributed by atoms with van der Waals surface area (Å²) in [5, 5.41) is -0.310. The largest absolute Gasteiger partial charge is 0.493 e. The normalized spacial score (nSPS) is 17.7. The van der Waals surface area contributed by atoms with E-state index in [-0.39, 0.29) is 11.2 Å². The first-order chi connectivity index (χ1) is 7.17. The maximum Gasteiger partial charge on any atom is 0.229 e. The summed E-state index contributed by atoms with van der Waals surface area (Å²) >= 11 is 5.47. The van der Waals surface area contributed by atoms with Gasteiger partial charge >= 0.3 is 0 Å². The molecule has 1 aromatic carbocycles. The van der Waals surface area contributed by atoms with Crippen molar-refractivity contribution in [2.24, 2.45) is 0 Å². The van der Waals surface area contributed by atoms with Crippen LogP contribution in [-0.4, -0.2) is 19.5 Å². The Balaban J connectivity index is 2.41. The summed E-state index contributed by atoms with van der Waals surface area (Å²) in [6.45, 7) is 0. The molecule has 0 unspecified atom stereocenters. The van der Waals surface area contributed by atoms with Gasteiger partial charge in [-0.3, -0.25) is 4.79 Å². The Morgan fingerprint density at radius 3 is 2.47 bits per heavy atom. The van der Waals surface area contributed by atoms with E-state index in [0.717, 1.165) is 11.1 Å². The fraction of sp³-hybridized carbons (Fsp3) is 0.364. The average Bonchev–Trinajstić information content (AvgIpc) is 2.19. The van der Waals surface area contributed by atoms with Gasteiger partial charge in [0.15, 0.2) is 11.5 Å². The fourth-order valence-corrected chi connectivity index (χ4v) is 2.03. The highest BCUT2D eigenvalue weighted by molar-refractivity contribution is 6.64. The van der Waals surface area contributed by atoms with E-state index in [0.29, 0.717) is 17.9 Å². The first-order valence-electron chi connectivity index (χ1n) is 4.61. The van der Waals surface area contributed by atoms with Crippen molar-refractivity contribution in [1.29, 1.82) is 0 Å². The van der Waals surface area contributed by atoms with E-state index in [1.807, 2.05) is 12.1 Å². The van der Waals surface area contributed by atoms with Crippen LogP contribution in [0.25, 0.3) is 0 Å². The van der Waals surface area contributed by atoms with Crippen LogP contribution >= 0.6 is 11.6 Å². The molecule has 1 aliphatic rings. The minimum atomic E-state index is -0.310. The molecular formula is C11H11ClO3. The van der Waals surface area contributed by atoms with Gasteiger partial charge in [-0.15, -0.1) is 0 Å². The van der Waals surface area contributed by atoms with Gasteiger partial charge in [0.05, 0.1) is 20.1 Å². The summed E-state index contributed by atoms with van der Waals surface area (Å²) in [6.07, 6.45) is 0.692. The van der Waals surface area contributed by atoms with E-state index in [1.54, 1.807) is 14.2 Å². The van der Waals surface area contributed by atoms with Gasteiger partial charge in [-0.2, -0.15) is 0 Å². The van der Waals surface area contributed by atoms with Crippen molar-refractivity contribution in [1.82, 2.24) is 0 Å². The highest BCUT2D eigenvalue weighted by atomic mass is 35.5. The van der Waals surface area contributed by atoms with Crippen LogP contribution in [0.4, 0.5) is 0 Å². The number of fused-ring (bicyclic) bond motifs is 1. The maximum absolute atomic E-state index is 11.0. The molecule has 0 spiro atoms. The number of methoxy groups -OCH3 is 2. The number of rotatable bonds is 3. The lowest BCUT2D eigenvalue weighted by Gasteiger charge is -2.28. The van der Waals surface area contributed by atoms with Crippen molar-refractivity contribution >= 4 is 16.8 Å². The topological polar surface area (TPSA) is 35.5 Å². The van der Waals surface area contributed by atoms with E-state index in [2.05, 4.69) is 0 Å². The van der Waals surface area contributed by atoms with E-state index in [1.165, 1.54) is 0 Å². The van der Waals surface area contributed by atoms with Gasteiger partial charge in [-0.1, -0.05) is 0 Å². The van der Waals surface area contributed by atoms with Crippen molar-refractivity contribution < 1.29 is 14.3 Å². The van der Waals surface area contributed by atoms with E-state index in [9.17, 15) is 4.79 Å². The predicted molar refractivity (Wildman–Crippen MR) is 56.9 cm³/mol. The Kier molecular flexibility index (Phi) is 2.57. The molecule has 2 rings (SSSR count). The van der Waals surface area contributed by atoms with Crippen LogP contribution < -0.4 is 9.47 Å². The van der Waals surface area contributed by atoms with Crippen LogP contribution in [0.15, 0.2) is 12.1 Å². The second kappa shape index (κ2) is 3.74. The smallest absolute Gasteiger partial charge is 0.229 e. The fourth-order valence-electron chi connectivity index (χ4n) is 1.84. The molecule has 1 atom stereocenters. The van der Waals surface area contributed by atoms with Crippen LogP contribution in [0, 0.1) is 0 Å². The maximum atomic E-state index is 11.0. The number of ether oxygens (including phenoxy) is 2. The Hall–Kier alpha value is -1.22. The van der Waals surface area contributed by atoms with E-state index >= 15 is 0 Å². The molecule has 1 aliphatic carbocycles. The third-order valence-electron chi connectivity index (χ3n) is 2.72. The first-order valence-corrected chi connectivity index (χ1v) is 4.99. The number of carbonyl (C=O) groups is 1. The number of carbonyl (C=O) groups excluding carboxylic acids is 1. The molecule has 3 nitrogen and oxygen atoms in total. The molecule has 0 aliphatic heterocycles. The number of benzene rings is 1. The second-order valence-electron chi connectivity index (χ2n) is 3.47.